The van der Waals surface area contributed by atoms with Gasteiger partial charge in [0.2, 0.25) is 5.90 Å². The van der Waals surface area contributed by atoms with Crippen LogP contribution in [0.25, 0.3) is 0 Å². The van der Waals surface area contributed by atoms with Crippen molar-refractivity contribution in [1.29, 1.82) is 0 Å². The highest BCUT2D eigenvalue weighted by Crippen LogP contribution is 2.45. The predicted molar refractivity (Wildman–Crippen MR) is 162 cm³/mol. The first-order valence-electron chi connectivity index (χ1n) is 13.6. The van der Waals surface area contributed by atoms with E-state index >= 15 is 0 Å². The molecule has 7 nitrogen and oxygen atoms in total. The Morgan fingerprint density at radius 1 is 1.00 bits per heavy atom. The number of aliphatic hydroxyl groups is 1. The van der Waals surface area contributed by atoms with Crippen LogP contribution in [0.15, 0.2) is 86.7 Å². The number of aliphatic hydroxyl groups excluding tert-OH is 1. The summed E-state index contributed by atoms with van der Waals surface area (Å²) in [6.07, 6.45) is 3.49. The van der Waals surface area contributed by atoms with Gasteiger partial charge in [-0.15, -0.1) is 0 Å². The number of rotatable bonds is 10. The van der Waals surface area contributed by atoms with E-state index in [0.29, 0.717) is 31.1 Å². The van der Waals surface area contributed by atoms with Crippen molar-refractivity contribution >= 4 is 43.7 Å². The van der Waals surface area contributed by atoms with Crippen molar-refractivity contribution in [2.75, 3.05) is 26.3 Å². The quantitative estimate of drug-likeness (QED) is 0.259. The minimum absolute atomic E-state index is 0.0816. The summed E-state index contributed by atoms with van der Waals surface area (Å²) >= 11 is 7.39. The maximum absolute atomic E-state index is 14.4. The zero-order valence-corrected chi connectivity index (χ0v) is 25.4. The number of halogens is 2. The van der Waals surface area contributed by atoms with E-state index in [2.05, 4.69) is 37.3 Å². The van der Waals surface area contributed by atoms with Gasteiger partial charge in [0.05, 0.1) is 6.61 Å². The number of benzene rings is 3. The molecule has 9 heteroatoms. The van der Waals surface area contributed by atoms with Crippen molar-refractivity contribution in [2.24, 2.45) is 4.99 Å². The highest BCUT2D eigenvalue weighted by Gasteiger charge is 2.54. The first-order chi connectivity index (χ1) is 19.5. The Morgan fingerprint density at radius 3 is 2.40 bits per heavy atom. The molecule has 0 radical (unpaired) electrons. The predicted octanol–water partition coefficient (Wildman–Crippen LogP) is 5.99. The summed E-state index contributed by atoms with van der Waals surface area (Å²) in [6, 6.07) is 23.3. The second kappa shape index (κ2) is 13.3. The summed E-state index contributed by atoms with van der Waals surface area (Å²) in [5.41, 5.74) is 4.52. The van der Waals surface area contributed by atoms with Gasteiger partial charge in [0.1, 0.15) is 5.75 Å². The van der Waals surface area contributed by atoms with Gasteiger partial charge in [-0.2, -0.15) is 0 Å². The molecule has 40 heavy (non-hydrogen) atoms. The molecular formula is C31H33Br2N3O4. The third-order valence-corrected chi connectivity index (χ3v) is 8.75. The van der Waals surface area contributed by atoms with E-state index in [-0.39, 0.29) is 12.5 Å². The Bertz CT molecular complexity index is 1340. The van der Waals surface area contributed by atoms with Crippen LogP contribution < -0.4 is 10.2 Å². The molecule has 0 bridgehead atoms. The summed E-state index contributed by atoms with van der Waals surface area (Å²) in [7, 11) is 0. The average molecular weight is 671 g/mol. The fourth-order valence-corrected chi connectivity index (χ4v) is 6.04. The average Bonchev–Trinajstić information content (AvgIpc) is 3.36. The molecule has 210 valence electrons. The molecule has 0 saturated carbocycles. The fourth-order valence-electron chi connectivity index (χ4n) is 5.13. The van der Waals surface area contributed by atoms with Gasteiger partial charge in [0, 0.05) is 52.6 Å². The first-order valence-corrected chi connectivity index (χ1v) is 15.2. The van der Waals surface area contributed by atoms with E-state index in [9.17, 15) is 4.79 Å². The molecule has 2 N–H and O–H groups in total. The minimum Gasteiger partial charge on any atom is -0.494 e. The molecule has 2 aliphatic rings. The Kier molecular flexibility index (Phi) is 9.57. The van der Waals surface area contributed by atoms with Gasteiger partial charge in [0.15, 0.2) is 11.6 Å². The van der Waals surface area contributed by atoms with Crippen LogP contribution in [0.1, 0.15) is 48.5 Å². The van der Waals surface area contributed by atoms with Gasteiger partial charge < -0.3 is 14.6 Å². The van der Waals surface area contributed by atoms with Crippen LogP contribution in [0, 0.1) is 0 Å². The van der Waals surface area contributed by atoms with E-state index in [1.807, 2.05) is 77.8 Å². The van der Waals surface area contributed by atoms with Crippen LogP contribution in [0.4, 0.5) is 0 Å². The zero-order chi connectivity index (χ0) is 28.0. The molecule has 1 fully saturated rings. The number of hydrogen-bond acceptors (Lipinski definition) is 6. The number of hydrazine groups is 1. The highest BCUT2D eigenvalue weighted by atomic mass is 79.9. The number of nitrogens with zero attached hydrogens (tertiary/aromatic N) is 2. The van der Waals surface area contributed by atoms with E-state index < -0.39 is 11.6 Å². The van der Waals surface area contributed by atoms with Crippen molar-refractivity contribution in [3.8, 4) is 5.75 Å². The van der Waals surface area contributed by atoms with Crippen LogP contribution in [-0.2, 0) is 16.0 Å². The maximum atomic E-state index is 14.4. The van der Waals surface area contributed by atoms with Crippen molar-refractivity contribution in [2.45, 2.75) is 43.7 Å². The maximum Gasteiger partial charge on any atom is 0.266 e. The fraction of sp³-hybridized carbons (Fsp3) is 0.355. The van der Waals surface area contributed by atoms with Crippen LogP contribution in [0.2, 0.25) is 0 Å². The second-order valence-corrected chi connectivity index (χ2v) is 11.8. The molecule has 3 aromatic carbocycles. The minimum atomic E-state index is -1.27. The monoisotopic (exact) mass is 669 g/mol. The summed E-state index contributed by atoms with van der Waals surface area (Å²) < 4.78 is 14.1. The van der Waals surface area contributed by atoms with Gasteiger partial charge in [-0.25, -0.2) is 10.0 Å². The van der Waals surface area contributed by atoms with Gasteiger partial charge in [-0.3, -0.25) is 10.2 Å². The topological polar surface area (TPSA) is 83.4 Å². The molecule has 2 heterocycles. The number of amides is 1. The third kappa shape index (κ3) is 6.43. The van der Waals surface area contributed by atoms with Gasteiger partial charge in [-0.05, 0) is 54.8 Å². The lowest BCUT2D eigenvalue weighted by atomic mass is 9.82. The van der Waals surface area contributed by atoms with Gasteiger partial charge >= 0.3 is 0 Å². The van der Waals surface area contributed by atoms with E-state index in [0.717, 1.165) is 51.6 Å². The molecule has 0 unspecified atom stereocenters. The summed E-state index contributed by atoms with van der Waals surface area (Å²) in [4.78, 5) is 19.5. The molecule has 1 amide bonds. The number of ether oxygens (including phenoxy) is 2. The Morgan fingerprint density at radius 2 is 1.70 bits per heavy atom. The zero-order valence-electron chi connectivity index (χ0n) is 22.2. The number of hydrogen-bond donors (Lipinski definition) is 2. The van der Waals surface area contributed by atoms with E-state index in [1.165, 1.54) is 6.42 Å². The van der Waals surface area contributed by atoms with Gasteiger partial charge in [-0.1, -0.05) is 74.7 Å². The summed E-state index contributed by atoms with van der Waals surface area (Å²) in [5, 5.41) is 11.0. The Labute approximate surface area is 251 Å². The summed E-state index contributed by atoms with van der Waals surface area (Å²) in [5.74, 6) is 0.911. The largest absolute Gasteiger partial charge is 0.494 e. The highest BCUT2D eigenvalue weighted by molar-refractivity contribution is 9.10. The number of nitrogens with one attached hydrogen (secondary N) is 1. The lowest BCUT2D eigenvalue weighted by Crippen LogP contribution is -2.56. The van der Waals surface area contributed by atoms with Crippen LogP contribution in [-0.4, -0.2) is 53.8 Å². The number of piperidine rings is 1. The smallest absolute Gasteiger partial charge is 0.266 e. The normalized spacial score (nSPS) is 21.0. The Hall–Kier alpha value is -2.72. The molecule has 2 aliphatic heterocycles. The molecule has 1 saturated heterocycles. The van der Waals surface area contributed by atoms with Crippen LogP contribution in [0.5, 0.6) is 5.75 Å². The Balaban J connectivity index is 1.57. The van der Waals surface area contributed by atoms with Crippen molar-refractivity contribution in [3.05, 3.63) is 98.4 Å². The molecule has 0 aliphatic carbocycles. The molecule has 5 rings (SSSR count). The number of aliphatic imine (C=N–C) groups is 1. The van der Waals surface area contributed by atoms with E-state index in [1.54, 1.807) is 0 Å². The standard InChI is InChI=1S/C31H33Br2N3O4/c32-26-11-4-2-9-23(26)21-31(30(38)35-36-17-6-1-7-18-36)28(25-10-3-5-12-27(25)33)40-29(34-31)22-13-15-24(16-14-22)39-20-8-19-37/h2-5,9-16,28,37H,1,6-8,17-21H2,(H,35,38)/t28-,31-/m0/s1. The van der Waals surface area contributed by atoms with E-state index in [4.69, 9.17) is 19.6 Å². The van der Waals surface area contributed by atoms with Crippen molar-refractivity contribution < 1.29 is 19.4 Å². The van der Waals surface area contributed by atoms with Crippen molar-refractivity contribution in [1.82, 2.24) is 10.4 Å². The molecule has 3 aromatic rings. The lowest BCUT2D eigenvalue weighted by molar-refractivity contribution is -0.134. The SMILES string of the molecule is O=C(NN1CCCCC1)[C@@]1(Cc2ccccc2Br)N=C(c2ccc(OCCCO)cc2)O[C@H]1c1ccccc1Br. The first kappa shape index (κ1) is 28.8. The number of carbonyl (C=O) groups excluding carboxylic acids is 1. The molecule has 0 aromatic heterocycles. The summed E-state index contributed by atoms with van der Waals surface area (Å²) in [6.45, 7) is 2.14. The molecule has 0 spiro atoms. The lowest BCUT2D eigenvalue weighted by Gasteiger charge is -2.35. The van der Waals surface area contributed by atoms with Crippen molar-refractivity contribution in [3.63, 3.8) is 0 Å². The second-order valence-electron chi connectivity index (χ2n) is 10.1. The number of carbonyl (C=O) groups is 1. The molecule has 2 atom stereocenters. The molecular weight excluding hydrogens is 638 g/mol. The van der Waals surface area contributed by atoms with Gasteiger partial charge in [0.25, 0.3) is 5.91 Å². The van der Waals surface area contributed by atoms with Crippen LogP contribution in [0.3, 0.4) is 0 Å². The van der Waals surface area contributed by atoms with Crippen LogP contribution >= 0.6 is 31.9 Å². The third-order valence-electron chi connectivity index (χ3n) is 7.25.